The van der Waals surface area contributed by atoms with Crippen LogP contribution in [0.1, 0.15) is 23.6 Å². The number of fused-ring (bicyclic) bond motifs is 2. The molecule has 1 aliphatic heterocycles. The van der Waals surface area contributed by atoms with Crippen LogP contribution in [-0.4, -0.2) is 71.3 Å². The van der Waals surface area contributed by atoms with Crippen LogP contribution in [0, 0.1) is 6.92 Å². The molecule has 2 N–H and O–H groups in total. The van der Waals surface area contributed by atoms with E-state index in [-0.39, 0.29) is 6.04 Å². The highest BCUT2D eigenvalue weighted by atomic mass is 16.4. The van der Waals surface area contributed by atoms with Crippen LogP contribution in [0.2, 0.25) is 0 Å². The minimum atomic E-state index is -0.906. The van der Waals surface area contributed by atoms with Crippen LogP contribution in [-0.2, 0) is 13.5 Å². The van der Waals surface area contributed by atoms with Gasteiger partial charge in [0.05, 0.1) is 23.6 Å². The second kappa shape index (κ2) is 9.82. The SMILES string of the molecule is Cc1cc(Nc2ncnc3cnc(N4CCN(C(=O)O)C(C)C4)nc23)ccc1Cc1ccc2c(c1)ncn2C. The van der Waals surface area contributed by atoms with E-state index < -0.39 is 6.09 Å². The standard InChI is InChI=1S/C28H29N9O2/c1-17-10-21(6-5-20(17)11-19-4-7-24-22(12-19)32-16-35(24)3)33-26-25-23(30-15-31-26)13-29-27(34-25)36-8-9-37(28(38)39)18(2)14-36/h4-7,10,12-13,15-16,18H,8-9,11,14H2,1-3H3,(H,38,39)(H,30,31,33). The molecule has 4 heterocycles. The smallest absolute Gasteiger partial charge is 0.407 e. The number of carboxylic acid groups (broad SMARTS) is 1. The predicted molar refractivity (Wildman–Crippen MR) is 150 cm³/mol. The van der Waals surface area contributed by atoms with Crippen molar-refractivity contribution >= 4 is 45.6 Å². The van der Waals surface area contributed by atoms with Crippen LogP contribution < -0.4 is 10.2 Å². The van der Waals surface area contributed by atoms with E-state index in [4.69, 9.17) is 4.98 Å². The molecule has 6 rings (SSSR count). The Balaban J connectivity index is 1.22. The number of carbonyl (C=O) groups is 1. The van der Waals surface area contributed by atoms with Gasteiger partial charge < -0.3 is 24.8 Å². The normalized spacial score (nSPS) is 15.7. The molecule has 2 aromatic carbocycles. The van der Waals surface area contributed by atoms with Crippen LogP contribution in [0.5, 0.6) is 0 Å². The summed E-state index contributed by atoms with van der Waals surface area (Å²) in [6.07, 6.45) is 4.93. The third-order valence-electron chi connectivity index (χ3n) is 7.31. The van der Waals surface area contributed by atoms with Gasteiger partial charge in [0.1, 0.15) is 17.4 Å². The van der Waals surface area contributed by atoms with Gasteiger partial charge in [0.2, 0.25) is 5.95 Å². The van der Waals surface area contributed by atoms with E-state index in [0.29, 0.717) is 42.4 Å². The number of piperazine rings is 1. The Labute approximate surface area is 225 Å². The molecule has 0 saturated carbocycles. The lowest BCUT2D eigenvalue weighted by atomic mass is 9.99. The first-order valence-electron chi connectivity index (χ1n) is 12.8. The van der Waals surface area contributed by atoms with Gasteiger partial charge >= 0.3 is 6.09 Å². The fourth-order valence-electron chi connectivity index (χ4n) is 5.13. The Morgan fingerprint density at radius 3 is 2.74 bits per heavy atom. The molecule has 1 atom stereocenters. The second-order valence-corrected chi connectivity index (χ2v) is 10.0. The summed E-state index contributed by atoms with van der Waals surface area (Å²) in [5, 5.41) is 12.8. The molecule has 11 heteroatoms. The summed E-state index contributed by atoms with van der Waals surface area (Å²) in [6.45, 7) is 5.43. The first kappa shape index (κ1) is 24.5. The second-order valence-electron chi connectivity index (χ2n) is 10.0. The Hall–Kier alpha value is -4.80. The van der Waals surface area contributed by atoms with Crippen molar-refractivity contribution in [2.45, 2.75) is 26.3 Å². The number of benzene rings is 2. The molecule has 3 aromatic heterocycles. The van der Waals surface area contributed by atoms with Crippen molar-refractivity contribution in [1.82, 2.24) is 34.4 Å². The number of nitrogens with one attached hydrogen (secondary N) is 1. The number of rotatable bonds is 5. The van der Waals surface area contributed by atoms with Crippen molar-refractivity contribution in [3.05, 3.63) is 71.9 Å². The van der Waals surface area contributed by atoms with Crippen LogP contribution in [0.25, 0.3) is 22.1 Å². The molecule has 11 nitrogen and oxygen atoms in total. The lowest BCUT2D eigenvalue weighted by Crippen LogP contribution is -2.54. The zero-order valence-corrected chi connectivity index (χ0v) is 22.0. The van der Waals surface area contributed by atoms with Gasteiger partial charge in [-0.15, -0.1) is 0 Å². The van der Waals surface area contributed by atoms with E-state index in [2.05, 4.69) is 62.5 Å². The summed E-state index contributed by atoms with van der Waals surface area (Å²) in [7, 11) is 2.00. The van der Waals surface area contributed by atoms with Gasteiger partial charge in [0.15, 0.2) is 5.82 Å². The Bertz CT molecular complexity index is 1700. The van der Waals surface area contributed by atoms with E-state index in [1.165, 1.54) is 27.9 Å². The van der Waals surface area contributed by atoms with Crippen molar-refractivity contribution in [1.29, 1.82) is 0 Å². The maximum Gasteiger partial charge on any atom is 0.407 e. The number of imidazole rings is 1. The van der Waals surface area contributed by atoms with E-state index in [1.807, 2.05) is 35.8 Å². The lowest BCUT2D eigenvalue weighted by Gasteiger charge is -2.38. The number of hydrogen-bond acceptors (Lipinski definition) is 8. The molecule has 5 aromatic rings. The number of aromatic nitrogens is 6. The third kappa shape index (κ3) is 4.78. The molecule has 1 unspecified atom stereocenters. The van der Waals surface area contributed by atoms with Crippen LogP contribution in [0.15, 0.2) is 55.2 Å². The molecular weight excluding hydrogens is 494 g/mol. The number of aryl methyl sites for hydroxylation is 2. The highest BCUT2D eigenvalue weighted by molar-refractivity contribution is 5.87. The zero-order valence-electron chi connectivity index (χ0n) is 22.0. The predicted octanol–water partition coefficient (Wildman–Crippen LogP) is 4.14. The first-order valence-corrected chi connectivity index (χ1v) is 12.8. The van der Waals surface area contributed by atoms with Gasteiger partial charge in [0.25, 0.3) is 0 Å². The summed E-state index contributed by atoms with van der Waals surface area (Å²) in [4.78, 5) is 37.4. The Kier molecular flexibility index (Phi) is 6.18. The first-order chi connectivity index (χ1) is 18.9. The fourth-order valence-corrected chi connectivity index (χ4v) is 5.13. The summed E-state index contributed by atoms with van der Waals surface area (Å²) in [5.41, 5.74) is 7.89. The largest absolute Gasteiger partial charge is 0.465 e. The van der Waals surface area contributed by atoms with Gasteiger partial charge in [-0.2, -0.15) is 0 Å². The highest BCUT2D eigenvalue weighted by Crippen LogP contribution is 2.26. The highest BCUT2D eigenvalue weighted by Gasteiger charge is 2.28. The van der Waals surface area contributed by atoms with Gasteiger partial charge in [-0.25, -0.2) is 29.7 Å². The molecule has 0 radical (unpaired) electrons. The molecule has 0 aliphatic carbocycles. The molecule has 1 fully saturated rings. The van der Waals surface area contributed by atoms with Crippen LogP contribution in [0.4, 0.5) is 22.2 Å². The average molecular weight is 524 g/mol. The maximum atomic E-state index is 11.4. The number of amides is 1. The van der Waals surface area contributed by atoms with E-state index in [9.17, 15) is 9.90 Å². The molecule has 198 valence electrons. The average Bonchev–Trinajstić information content (AvgIpc) is 3.29. The Morgan fingerprint density at radius 2 is 1.95 bits per heavy atom. The van der Waals surface area contributed by atoms with Crippen molar-refractivity contribution in [2.24, 2.45) is 7.05 Å². The van der Waals surface area contributed by atoms with Crippen molar-refractivity contribution < 1.29 is 9.90 Å². The lowest BCUT2D eigenvalue weighted by molar-refractivity contribution is 0.122. The van der Waals surface area contributed by atoms with Gasteiger partial charge in [0, 0.05) is 38.4 Å². The topological polar surface area (TPSA) is 125 Å². The monoisotopic (exact) mass is 523 g/mol. The maximum absolute atomic E-state index is 11.4. The minimum Gasteiger partial charge on any atom is -0.465 e. The summed E-state index contributed by atoms with van der Waals surface area (Å²) >= 11 is 0. The van der Waals surface area contributed by atoms with Crippen molar-refractivity contribution in [3.8, 4) is 0 Å². The van der Waals surface area contributed by atoms with Crippen molar-refractivity contribution in [2.75, 3.05) is 29.9 Å². The van der Waals surface area contributed by atoms with Crippen molar-refractivity contribution in [3.63, 3.8) is 0 Å². The van der Waals surface area contributed by atoms with Crippen LogP contribution in [0.3, 0.4) is 0 Å². The molecule has 39 heavy (non-hydrogen) atoms. The van der Waals surface area contributed by atoms with E-state index in [1.54, 1.807) is 6.20 Å². The van der Waals surface area contributed by atoms with Crippen LogP contribution >= 0.6 is 0 Å². The molecular formula is C28H29N9O2. The van der Waals surface area contributed by atoms with Gasteiger partial charge in [-0.1, -0.05) is 12.1 Å². The molecule has 1 aliphatic rings. The minimum absolute atomic E-state index is 0.160. The Morgan fingerprint density at radius 1 is 1.08 bits per heavy atom. The number of hydrogen-bond donors (Lipinski definition) is 2. The molecule has 0 spiro atoms. The molecule has 1 saturated heterocycles. The third-order valence-corrected chi connectivity index (χ3v) is 7.31. The quantitative estimate of drug-likeness (QED) is 0.350. The summed E-state index contributed by atoms with van der Waals surface area (Å²) in [5.74, 6) is 1.13. The fraction of sp³-hybridized carbons (Fsp3) is 0.286. The molecule has 0 bridgehead atoms. The van der Waals surface area contributed by atoms with Gasteiger partial charge in [-0.3, -0.25) is 0 Å². The summed E-state index contributed by atoms with van der Waals surface area (Å²) in [6, 6.07) is 12.5. The number of nitrogens with zero attached hydrogens (tertiary/aromatic N) is 8. The van der Waals surface area contributed by atoms with E-state index in [0.717, 1.165) is 23.1 Å². The van der Waals surface area contributed by atoms with Gasteiger partial charge in [-0.05, 0) is 61.2 Å². The zero-order chi connectivity index (χ0) is 27.1. The van der Waals surface area contributed by atoms with E-state index >= 15 is 0 Å². The number of anilines is 3. The molecule has 1 amide bonds. The summed E-state index contributed by atoms with van der Waals surface area (Å²) < 4.78 is 2.02.